The van der Waals surface area contributed by atoms with Crippen LogP contribution in [0, 0.1) is 5.41 Å². The smallest absolute Gasteiger partial charge is 0.475 e. The number of halogens is 3. The summed E-state index contributed by atoms with van der Waals surface area (Å²) < 4.78 is 33.2. The first kappa shape index (κ1) is 30.6. The van der Waals surface area contributed by atoms with Gasteiger partial charge in [0, 0.05) is 37.7 Å². The molecule has 0 bridgehead atoms. The number of piperidine rings is 1. The maximum Gasteiger partial charge on any atom is 0.490 e. The van der Waals surface area contributed by atoms with Crippen molar-refractivity contribution in [1.29, 1.82) is 0 Å². The summed E-state index contributed by atoms with van der Waals surface area (Å²) in [6.07, 6.45) is -3.01. The standard InChI is InChI=1S/C24H29N7O4.C2HF3O2/c1-4-29-12-19(24(2,3)13-29)25-21(33)17-11-31(28-27-17)15-6-5-14-10-30(23(35)16(14)9-15)18-7-8-20(32)26-22(18)34;3-2(4,5)1(6)7/h5-6,9,11,18-19H,4,7-8,10,12-13H2,1-3H3,(H,25,33)(H,26,32,34);(H,6,7). The fourth-order valence-corrected chi connectivity index (χ4v) is 5.15. The number of likely N-dealkylation sites (N-methyl/N-ethyl adjacent to an activating group) is 1. The van der Waals surface area contributed by atoms with Crippen LogP contribution >= 0.6 is 0 Å². The van der Waals surface area contributed by atoms with Crippen molar-refractivity contribution in [2.24, 2.45) is 5.41 Å². The number of imide groups is 1. The quantitative estimate of drug-likeness (QED) is 0.431. The first-order chi connectivity index (χ1) is 19.6. The molecule has 4 heterocycles. The van der Waals surface area contributed by atoms with E-state index in [-0.39, 0.29) is 41.3 Å². The summed E-state index contributed by atoms with van der Waals surface area (Å²) in [4.78, 5) is 62.4. The van der Waals surface area contributed by atoms with E-state index in [9.17, 15) is 32.3 Å². The van der Waals surface area contributed by atoms with Gasteiger partial charge in [0.25, 0.3) is 11.8 Å². The van der Waals surface area contributed by atoms with E-state index in [2.05, 4.69) is 46.6 Å². The average molecular weight is 594 g/mol. The van der Waals surface area contributed by atoms with Crippen LogP contribution in [0.1, 0.15) is 60.0 Å². The third-order valence-electron chi connectivity index (χ3n) is 7.51. The molecule has 13 nitrogen and oxygen atoms in total. The van der Waals surface area contributed by atoms with Gasteiger partial charge in [-0.2, -0.15) is 13.2 Å². The summed E-state index contributed by atoms with van der Waals surface area (Å²) in [7, 11) is 0. The molecule has 42 heavy (non-hydrogen) atoms. The summed E-state index contributed by atoms with van der Waals surface area (Å²) in [6, 6.07) is 4.66. The molecule has 0 radical (unpaired) electrons. The number of amides is 4. The van der Waals surface area contributed by atoms with Crippen LogP contribution in [0.4, 0.5) is 13.2 Å². The molecule has 2 unspecified atom stereocenters. The van der Waals surface area contributed by atoms with Crippen molar-refractivity contribution < 1.29 is 42.3 Å². The zero-order valence-electron chi connectivity index (χ0n) is 23.1. The van der Waals surface area contributed by atoms with Crippen LogP contribution in [0.3, 0.4) is 0 Å². The van der Waals surface area contributed by atoms with Crippen LogP contribution in [0.25, 0.3) is 5.69 Å². The van der Waals surface area contributed by atoms with E-state index in [4.69, 9.17) is 9.90 Å². The number of nitrogens with one attached hydrogen (secondary N) is 2. The lowest BCUT2D eigenvalue weighted by atomic mass is 9.88. The highest BCUT2D eigenvalue weighted by Crippen LogP contribution is 2.30. The highest BCUT2D eigenvalue weighted by Gasteiger charge is 2.41. The van der Waals surface area contributed by atoms with Gasteiger partial charge in [0.05, 0.1) is 11.9 Å². The number of hydrogen-bond donors (Lipinski definition) is 3. The number of fused-ring (bicyclic) bond motifs is 1. The van der Waals surface area contributed by atoms with Crippen molar-refractivity contribution in [3.63, 3.8) is 0 Å². The minimum absolute atomic E-state index is 0.0102. The maximum atomic E-state index is 13.1. The molecule has 2 atom stereocenters. The Labute approximate surface area is 238 Å². The summed E-state index contributed by atoms with van der Waals surface area (Å²) in [5.41, 5.74) is 2.02. The molecule has 3 N–H and O–H groups in total. The molecule has 0 aliphatic carbocycles. The SMILES string of the molecule is CCN1CC(NC(=O)c2cn(-c3ccc4c(c3)C(=O)N(C3CCC(=O)NC3=O)C4)nn2)C(C)(C)C1.O=C(O)C(F)(F)F. The first-order valence-electron chi connectivity index (χ1n) is 13.1. The molecule has 226 valence electrons. The number of likely N-dealkylation sites (tertiary alicyclic amines) is 1. The van der Waals surface area contributed by atoms with Crippen molar-refractivity contribution in [3.8, 4) is 5.69 Å². The number of nitrogens with zero attached hydrogens (tertiary/aromatic N) is 5. The number of carbonyl (C=O) groups is 5. The largest absolute Gasteiger partial charge is 0.490 e. The molecule has 5 rings (SSSR count). The molecule has 16 heteroatoms. The zero-order chi connectivity index (χ0) is 31.0. The van der Waals surface area contributed by atoms with E-state index >= 15 is 0 Å². The van der Waals surface area contributed by atoms with Gasteiger partial charge in [-0.1, -0.05) is 32.1 Å². The summed E-state index contributed by atoms with van der Waals surface area (Å²) in [6.45, 7) is 9.34. The third-order valence-corrected chi connectivity index (χ3v) is 7.51. The summed E-state index contributed by atoms with van der Waals surface area (Å²) >= 11 is 0. The van der Waals surface area contributed by atoms with Gasteiger partial charge >= 0.3 is 12.1 Å². The minimum Gasteiger partial charge on any atom is -0.475 e. The fraction of sp³-hybridized carbons (Fsp3) is 0.500. The second kappa shape index (κ2) is 11.5. The van der Waals surface area contributed by atoms with Crippen molar-refractivity contribution >= 4 is 29.6 Å². The maximum absolute atomic E-state index is 13.1. The molecule has 3 aliphatic heterocycles. The monoisotopic (exact) mass is 593 g/mol. The Balaban J connectivity index is 0.000000517. The van der Waals surface area contributed by atoms with E-state index in [0.29, 0.717) is 24.2 Å². The number of alkyl halides is 3. The Kier molecular flexibility index (Phi) is 8.39. The number of carboxylic acid groups (broad SMARTS) is 1. The first-order valence-corrected chi connectivity index (χ1v) is 13.1. The zero-order valence-corrected chi connectivity index (χ0v) is 23.1. The van der Waals surface area contributed by atoms with Gasteiger partial charge in [-0.15, -0.1) is 5.10 Å². The minimum atomic E-state index is -5.08. The normalized spacial score (nSPS) is 21.9. The Hall–Kier alpha value is -4.34. The molecular weight excluding hydrogens is 563 g/mol. The Morgan fingerprint density at radius 2 is 1.90 bits per heavy atom. The highest BCUT2D eigenvalue weighted by atomic mass is 19.4. The van der Waals surface area contributed by atoms with Gasteiger partial charge in [-0.25, -0.2) is 9.48 Å². The van der Waals surface area contributed by atoms with Gasteiger partial charge in [0.15, 0.2) is 5.69 Å². The Morgan fingerprint density at radius 3 is 2.50 bits per heavy atom. The molecule has 0 saturated carbocycles. The molecule has 2 aromatic rings. The summed E-state index contributed by atoms with van der Waals surface area (Å²) in [5, 5.41) is 20.7. The predicted molar refractivity (Wildman–Crippen MR) is 138 cm³/mol. The lowest BCUT2D eigenvalue weighted by Crippen LogP contribution is -2.52. The van der Waals surface area contributed by atoms with Crippen LogP contribution in [-0.2, 0) is 20.9 Å². The van der Waals surface area contributed by atoms with E-state index in [1.807, 2.05) is 6.07 Å². The van der Waals surface area contributed by atoms with Gasteiger partial charge < -0.3 is 20.2 Å². The molecular formula is C26H30F3N7O6. The van der Waals surface area contributed by atoms with Crippen LogP contribution in [0.5, 0.6) is 0 Å². The van der Waals surface area contributed by atoms with Gasteiger partial charge in [-0.05, 0) is 36.1 Å². The number of hydrogen-bond acceptors (Lipinski definition) is 8. The molecule has 2 saturated heterocycles. The number of aliphatic carboxylic acids is 1. The number of carbonyl (C=O) groups excluding carboxylic acids is 4. The van der Waals surface area contributed by atoms with E-state index in [1.165, 1.54) is 9.58 Å². The van der Waals surface area contributed by atoms with E-state index in [1.54, 1.807) is 18.3 Å². The van der Waals surface area contributed by atoms with Crippen molar-refractivity contribution in [3.05, 3.63) is 41.2 Å². The second-order valence-corrected chi connectivity index (χ2v) is 10.9. The molecule has 1 aromatic heterocycles. The van der Waals surface area contributed by atoms with E-state index < -0.39 is 24.1 Å². The molecule has 2 fully saturated rings. The third kappa shape index (κ3) is 6.42. The molecule has 3 aliphatic rings. The lowest BCUT2D eigenvalue weighted by Gasteiger charge is -2.29. The molecule has 1 aromatic carbocycles. The topological polar surface area (TPSA) is 167 Å². The average Bonchev–Trinajstić information content (AvgIpc) is 3.60. The number of rotatable bonds is 5. The lowest BCUT2D eigenvalue weighted by molar-refractivity contribution is -0.192. The van der Waals surface area contributed by atoms with Crippen LogP contribution in [0.2, 0.25) is 0 Å². The van der Waals surface area contributed by atoms with Gasteiger partial charge in [-0.3, -0.25) is 24.5 Å². The van der Waals surface area contributed by atoms with Crippen molar-refractivity contribution in [1.82, 2.24) is 35.4 Å². The molecule has 0 spiro atoms. The van der Waals surface area contributed by atoms with Gasteiger partial charge in [0.1, 0.15) is 6.04 Å². The van der Waals surface area contributed by atoms with Crippen LogP contribution < -0.4 is 10.6 Å². The van der Waals surface area contributed by atoms with Crippen LogP contribution in [-0.4, -0.2) is 97.4 Å². The Bertz CT molecular complexity index is 1420. The van der Waals surface area contributed by atoms with Crippen molar-refractivity contribution in [2.75, 3.05) is 19.6 Å². The number of carboxylic acids is 1. The fourth-order valence-electron chi connectivity index (χ4n) is 5.15. The summed E-state index contributed by atoms with van der Waals surface area (Å²) in [5.74, 6) is -4.07. The van der Waals surface area contributed by atoms with Gasteiger partial charge in [0.2, 0.25) is 11.8 Å². The second-order valence-electron chi connectivity index (χ2n) is 10.9. The highest BCUT2D eigenvalue weighted by molar-refractivity contribution is 6.05. The Morgan fingerprint density at radius 1 is 1.21 bits per heavy atom. The number of aromatic nitrogens is 3. The van der Waals surface area contributed by atoms with Crippen molar-refractivity contribution in [2.45, 2.75) is 58.4 Å². The molecule has 4 amide bonds. The van der Waals surface area contributed by atoms with E-state index in [0.717, 1.165) is 25.2 Å². The predicted octanol–water partition coefficient (Wildman–Crippen LogP) is 1.12. The van der Waals surface area contributed by atoms with Crippen LogP contribution in [0.15, 0.2) is 24.4 Å². The number of benzene rings is 1.